The first-order chi connectivity index (χ1) is 12.3. The average Bonchev–Trinajstić information content (AvgIpc) is 3.22. The van der Waals surface area contributed by atoms with E-state index in [0.717, 1.165) is 10.0 Å². The summed E-state index contributed by atoms with van der Waals surface area (Å²) in [5.41, 5.74) is 0.351. The molecule has 3 heterocycles. The predicted molar refractivity (Wildman–Crippen MR) is 99.2 cm³/mol. The first kappa shape index (κ1) is 17.7. The van der Waals surface area contributed by atoms with Gasteiger partial charge in [0.05, 0.1) is 30.7 Å². The van der Waals surface area contributed by atoms with E-state index in [2.05, 4.69) is 15.9 Å². The number of halogens is 1. The first-order valence-electron chi connectivity index (χ1n) is 8.96. The van der Waals surface area contributed by atoms with Crippen molar-refractivity contribution < 1.29 is 19.1 Å². The van der Waals surface area contributed by atoms with E-state index in [1.807, 2.05) is 62.1 Å². The fourth-order valence-electron chi connectivity index (χ4n) is 4.36. The molecule has 1 aromatic carbocycles. The molecule has 0 N–H and O–H groups in total. The number of carbonyl (C=O) groups excluding carboxylic acids is 2. The Morgan fingerprint density at radius 3 is 2.65 bits per heavy atom. The number of carbonyl (C=O) groups is 2. The van der Waals surface area contributed by atoms with Gasteiger partial charge in [-0.05, 0) is 38.5 Å². The van der Waals surface area contributed by atoms with Crippen molar-refractivity contribution in [2.24, 2.45) is 11.8 Å². The molecule has 5 atom stereocenters. The number of ether oxygens (including phenoxy) is 2. The molecule has 0 saturated carbocycles. The van der Waals surface area contributed by atoms with Crippen LogP contribution in [-0.2, 0) is 19.1 Å². The quantitative estimate of drug-likeness (QED) is 0.555. The zero-order valence-corrected chi connectivity index (χ0v) is 16.6. The number of fused-ring (bicyclic) bond motifs is 1. The predicted octanol–water partition coefficient (Wildman–Crippen LogP) is 3.24. The van der Waals surface area contributed by atoms with Crippen LogP contribution < -0.4 is 0 Å². The van der Waals surface area contributed by atoms with Crippen LogP contribution in [0.15, 0.2) is 40.9 Å². The minimum Gasteiger partial charge on any atom is -0.463 e. The van der Waals surface area contributed by atoms with Gasteiger partial charge in [0.2, 0.25) is 5.91 Å². The lowest BCUT2D eigenvalue weighted by Crippen LogP contribution is -2.40. The van der Waals surface area contributed by atoms with E-state index < -0.39 is 17.4 Å². The van der Waals surface area contributed by atoms with Gasteiger partial charge in [-0.15, -0.1) is 0 Å². The van der Waals surface area contributed by atoms with Gasteiger partial charge in [0.25, 0.3) is 0 Å². The van der Waals surface area contributed by atoms with Crippen LogP contribution in [0.1, 0.15) is 32.4 Å². The van der Waals surface area contributed by atoms with E-state index in [1.54, 1.807) is 0 Å². The Labute approximate surface area is 161 Å². The van der Waals surface area contributed by atoms with Crippen molar-refractivity contribution >= 4 is 27.8 Å². The van der Waals surface area contributed by atoms with Crippen LogP contribution in [0, 0.1) is 11.8 Å². The molecule has 0 aromatic heterocycles. The smallest absolute Gasteiger partial charge is 0.313 e. The highest BCUT2D eigenvalue weighted by atomic mass is 79.9. The summed E-state index contributed by atoms with van der Waals surface area (Å²) in [6.45, 7) is 6.11. The molecule has 3 aliphatic heterocycles. The van der Waals surface area contributed by atoms with Gasteiger partial charge in [0.1, 0.15) is 11.5 Å². The monoisotopic (exact) mass is 419 g/mol. The highest BCUT2D eigenvalue weighted by Crippen LogP contribution is 2.53. The summed E-state index contributed by atoms with van der Waals surface area (Å²) < 4.78 is 12.5. The molecule has 0 unspecified atom stereocenters. The molecular formula is C20H22BrNO4. The number of esters is 1. The number of hydrogen-bond donors (Lipinski definition) is 0. The maximum atomic E-state index is 13.2. The van der Waals surface area contributed by atoms with Gasteiger partial charge >= 0.3 is 5.97 Å². The number of nitrogens with zero attached hydrogens (tertiary/aromatic N) is 1. The summed E-state index contributed by atoms with van der Waals surface area (Å²) in [7, 11) is 0. The van der Waals surface area contributed by atoms with Gasteiger partial charge in [0, 0.05) is 4.47 Å². The second-order valence-corrected chi connectivity index (χ2v) is 8.49. The van der Waals surface area contributed by atoms with Crippen LogP contribution in [0.4, 0.5) is 0 Å². The maximum absolute atomic E-state index is 13.2. The van der Waals surface area contributed by atoms with E-state index in [4.69, 9.17) is 9.47 Å². The Balaban J connectivity index is 1.61. The van der Waals surface area contributed by atoms with Crippen molar-refractivity contribution in [3.8, 4) is 0 Å². The highest BCUT2D eigenvalue weighted by molar-refractivity contribution is 9.10. The van der Waals surface area contributed by atoms with Gasteiger partial charge in [-0.3, -0.25) is 9.59 Å². The van der Waals surface area contributed by atoms with Gasteiger partial charge in [-0.25, -0.2) is 0 Å². The Morgan fingerprint density at radius 2 is 2.00 bits per heavy atom. The highest BCUT2D eigenvalue weighted by Gasteiger charge is 2.67. The van der Waals surface area contributed by atoms with E-state index in [-0.39, 0.29) is 30.1 Å². The molecular weight excluding hydrogens is 398 g/mol. The molecule has 2 bridgehead atoms. The number of likely N-dealkylation sites (tertiary alicyclic amines) is 1. The first-order valence-corrected chi connectivity index (χ1v) is 9.75. The summed E-state index contributed by atoms with van der Waals surface area (Å²) in [5.74, 6) is -1.43. The van der Waals surface area contributed by atoms with E-state index >= 15 is 0 Å². The van der Waals surface area contributed by atoms with E-state index in [1.165, 1.54) is 0 Å². The van der Waals surface area contributed by atoms with Crippen LogP contribution in [-0.4, -0.2) is 41.1 Å². The van der Waals surface area contributed by atoms with Gasteiger partial charge < -0.3 is 14.4 Å². The SMILES string of the molecule is CC(C)OC(=O)[C@H]1[C@H]2C(=O)N([C@@H](C)c3ccc(Br)cc3)C[C@]23C=C[C@H]1O3. The molecule has 3 aliphatic rings. The molecule has 0 radical (unpaired) electrons. The summed E-state index contributed by atoms with van der Waals surface area (Å²) >= 11 is 3.44. The number of benzene rings is 1. The molecule has 0 aliphatic carbocycles. The van der Waals surface area contributed by atoms with Crippen molar-refractivity contribution in [3.05, 3.63) is 46.5 Å². The minimum atomic E-state index is -0.702. The molecule has 5 nitrogen and oxygen atoms in total. The van der Waals surface area contributed by atoms with Crippen LogP contribution in [0.3, 0.4) is 0 Å². The number of rotatable bonds is 4. The van der Waals surface area contributed by atoms with Crippen LogP contribution in [0.2, 0.25) is 0 Å². The lowest BCUT2D eigenvalue weighted by Gasteiger charge is -2.27. The van der Waals surface area contributed by atoms with Crippen LogP contribution in [0.25, 0.3) is 0 Å². The number of amides is 1. The molecule has 1 aromatic rings. The summed E-state index contributed by atoms with van der Waals surface area (Å²) in [5, 5.41) is 0. The Kier molecular flexibility index (Phi) is 4.23. The Bertz CT molecular complexity index is 775. The molecule has 26 heavy (non-hydrogen) atoms. The third kappa shape index (κ3) is 2.62. The van der Waals surface area contributed by atoms with E-state index in [9.17, 15) is 9.59 Å². The normalized spacial score (nSPS) is 33.0. The summed E-state index contributed by atoms with van der Waals surface area (Å²) in [6, 6.07) is 7.86. The second-order valence-electron chi connectivity index (χ2n) is 7.58. The van der Waals surface area contributed by atoms with E-state index in [0.29, 0.717) is 6.54 Å². The lowest BCUT2D eigenvalue weighted by atomic mass is 9.77. The third-order valence-corrected chi connectivity index (χ3v) is 6.10. The van der Waals surface area contributed by atoms with Crippen molar-refractivity contribution in [1.29, 1.82) is 0 Å². The van der Waals surface area contributed by atoms with Gasteiger partial charge in [-0.2, -0.15) is 0 Å². The maximum Gasteiger partial charge on any atom is 0.313 e. The largest absolute Gasteiger partial charge is 0.463 e. The van der Waals surface area contributed by atoms with Crippen molar-refractivity contribution in [3.63, 3.8) is 0 Å². The standard InChI is InChI=1S/C20H22BrNO4/c1-11(2)25-19(24)16-15-8-9-20(26-15)10-22(18(23)17(16)20)12(3)13-4-6-14(21)7-5-13/h4-9,11-12,15-17H,10H2,1-3H3/t12-,15+,16+,17-,20+/m0/s1. The minimum absolute atomic E-state index is 0.0297. The summed E-state index contributed by atoms with van der Waals surface area (Å²) in [4.78, 5) is 27.7. The molecule has 2 saturated heterocycles. The van der Waals surface area contributed by atoms with Gasteiger partial charge in [0.15, 0.2) is 0 Å². The Morgan fingerprint density at radius 1 is 1.31 bits per heavy atom. The molecule has 1 spiro atoms. The van der Waals surface area contributed by atoms with Crippen molar-refractivity contribution in [2.75, 3.05) is 6.54 Å². The molecule has 6 heteroatoms. The molecule has 1 amide bonds. The fraction of sp³-hybridized carbons (Fsp3) is 0.500. The van der Waals surface area contributed by atoms with Gasteiger partial charge in [-0.1, -0.05) is 40.2 Å². The zero-order valence-electron chi connectivity index (χ0n) is 15.0. The Hall–Kier alpha value is -1.66. The molecule has 138 valence electrons. The number of hydrogen-bond acceptors (Lipinski definition) is 4. The summed E-state index contributed by atoms with van der Waals surface area (Å²) in [6.07, 6.45) is 3.30. The fourth-order valence-corrected chi connectivity index (χ4v) is 4.62. The second kappa shape index (κ2) is 6.20. The molecule has 2 fully saturated rings. The van der Waals surface area contributed by atoms with Crippen molar-refractivity contribution in [1.82, 2.24) is 4.90 Å². The third-order valence-electron chi connectivity index (χ3n) is 5.57. The lowest BCUT2D eigenvalue weighted by molar-refractivity contribution is -0.157. The van der Waals surface area contributed by atoms with Crippen LogP contribution >= 0.6 is 15.9 Å². The van der Waals surface area contributed by atoms with Crippen LogP contribution in [0.5, 0.6) is 0 Å². The topological polar surface area (TPSA) is 55.8 Å². The van der Waals surface area contributed by atoms with Crippen molar-refractivity contribution in [2.45, 2.75) is 44.6 Å². The zero-order chi connectivity index (χ0) is 18.6. The average molecular weight is 420 g/mol. The molecule has 4 rings (SSSR count).